The highest BCUT2D eigenvalue weighted by atomic mass is 16.2. The summed E-state index contributed by atoms with van der Waals surface area (Å²) in [7, 11) is 1.62. The molecule has 27 heavy (non-hydrogen) atoms. The first-order valence-electron chi connectivity index (χ1n) is 9.04. The molecule has 0 spiro atoms. The zero-order valence-electron chi connectivity index (χ0n) is 16.1. The first-order valence-corrected chi connectivity index (χ1v) is 9.04. The van der Waals surface area contributed by atoms with E-state index in [1.165, 1.54) is 4.68 Å². The Kier molecular flexibility index (Phi) is 5.16. The average molecular weight is 371 g/mol. The summed E-state index contributed by atoms with van der Waals surface area (Å²) in [5.41, 5.74) is 2.90. The molecule has 0 unspecified atom stereocenters. The Hall–Kier alpha value is -2.90. The molecule has 0 radical (unpaired) electrons. The summed E-state index contributed by atoms with van der Waals surface area (Å²) >= 11 is 0. The lowest BCUT2D eigenvalue weighted by atomic mass is 10.0. The zero-order valence-corrected chi connectivity index (χ0v) is 16.1. The van der Waals surface area contributed by atoms with Crippen molar-refractivity contribution in [1.82, 2.24) is 20.1 Å². The second kappa shape index (κ2) is 7.38. The molecular formula is C19H25N5O3. The minimum Gasteiger partial charge on any atom is -0.370 e. The molecule has 0 bridgehead atoms. The van der Waals surface area contributed by atoms with E-state index >= 15 is 0 Å². The maximum atomic E-state index is 12.5. The predicted octanol–water partition coefficient (Wildman–Crippen LogP) is 0.650. The van der Waals surface area contributed by atoms with Gasteiger partial charge in [0.05, 0.1) is 11.9 Å². The predicted molar refractivity (Wildman–Crippen MR) is 103 cm³/mol. The third kappa shape index (κ3) is 3.79. The number of hydrogen-bond donors (Lipinski definition) is 2. The molecule has 8 heteroatoms. The normalized spacial score (nSPS) is 16.6. The summed E-state index contributed by atoms with van der Waals surface area (Å²) in [6, 6.07) is 1.58. The van der Waals surface area contributed by atoms with Gasteiger partial charge < -0.3 is 15.2 Å². The number of aryl methyl sites for hydroxylation is 2. The number of amides is 1. The second-order valence-corrected chi connectivity index (χ2v) is 7.19. The van der Waals surface area contributed by atoms with Gasteiger partial charge in [-0.2, -0.15) is 5.10 Å². The van der Waals surface area contributed by atoms with E-state index in [-0.39, 0.29) is 28.5 Å². The zero-order chi connectivity index (χ0) is 19.7. The number of rotatable bonds is 4. The van der Waals surface area contributed by atoms with Crippen LogP contribution in [0, 0.1) is 26.7 Å². The first-order chi connectivity index (χ1) is 12.8. The topological polar surface area (TPSA) is 100 Å². The lowest BCUT2D eigenvalue weighted by Gasteiger charge is -2.18. The summed E-state index contributed by atoms with van der Waals surface area (Å²) in [6.07, 6.45) is 2.58. The summed E-state index contributed by atoms with van der Waals surface area (Å²) in [4.78, 5) is 41.3. The van der Waals surface area contributed by atoms with Gasteiger partial charge in [-0.1, -0.05) is 0 Å². The summed E-state index contributed by atoms with van der Waals surface area (Å²) in [5.74, 6) is -0.0884. The van der Waals surface area contributed by atoms with Crippen molar-refractivity contribution >= 4 is 11.6 Å². The van der Waals surface area contributed by atoms with Gasteiger partial charge in [0, 0.05) is 38.4 Å². The van der Waals surface area contributed by atoms with E-state index in [0.29, 0.717) is 12.1 Å². The number of hydrogen-bond acceptors (Lipinski definition) is 5. The van der Waals surface area contributed by atoms with Gasteiger partial charge in [0.2, 0.25) is 0 Å². The van der Waals surface area contributed by atoms with E-state index in [0.717, 1.165) is 36.5 Å². The molecule has 1 amide bonds. The van der Waals surface area contributed by atoms with Crippen LogP contribution in [0.25, 0.3) is 0 Å². The summed E-state index contributed by atoms with van der Waals surface area (Å²) < 4.78 is 1.29. The maximum absolute atomic E-state index is 12.5. The van der Waals surface area contributed by atoms with Crippen LogP contribution in [0.3, 0.4) is 0 Å². The van der Waals surface area contributed by atoms with E-state index in [9.17, 15) is 14.4 Å². The van der Waals surface area contributed by atoms with E-state index < -0.39 is 0 Å². The van der Waals surface area contributed by atoms with Gasteiger partial charge in [-0.05, 0) is 44.2 Å². The maximum Gasteiger partial charge on any atom is 0.268 e. The molecule has 8 nitrogen and oxygen atoms in total. The lowest BCUT2D eigenvalue weighted by molar-refractivity contribution is 0.0946. The molecule has 1 aliphatic heterocycles. The van der Waals surface area contributed by atoms with Gasteiger partial charge in [-0.3, -0.25) is 14.4 Å². The molecule has 3 rings (SSSR count). The molecule has 0 aliphatic carbocycles. The third-order valence-corrected chi connectivity index (χ3v) is 5.41. The molecule has 1 atom stereocenters. The van der Waals surface area contributed by atoms with Crippen molar-refractivity contribution in [2.24, 2.45) is 13.0 Å². The Morgan fingerprint density at radius 3 is 2.74 bits per heavy atom. The molecule has 1 saturated heterocycles. The quantitative estimate of drug-likeness (QED) is 0.822. The molecule has 1 aliphatic rings. The van der Waals surface area contributed by atoms with Crippen LogP contribution >= 0.6 is 0 Å². The van der Waals surface area contributed by atoms with Crippen LogP contribution < -0.4 is 21.3 Å². The number of aromatic amines is 1. The lowest BCUT2D eigenvalue weighted by Crippen LogP contribution is -2.35. The minimum atomic E-state index is -0.354. The Bertz CT molecular complexity index is 992. The van der Waals surface area contributed by atoms with Crippen molar-refractivity contribution in [3.63, 3.8) is 0 Å². The van der Waals surface area contributed by atoms with Gasteiger partial charge >= 0.3 is 0 Å². The third-order valence-electron chi connectivity index (χ3n) is 5.41. The fraction of sp³-hybridized carbons (Fsp3) is 0.474. The average Bonchev–Trinajstić information content (AvgIpc) is 3.09. The van der Waals surface area contributed by atoms with Crippen LogP contribution in [0.4, 0.5) is 5.69 Å². The Labute approximate surface area is 157 Å². The number of anilines is 1. The number of nitrogens with zero attached hydrogens (tertiary/aromatic N) is 3. The number of carbonyl (C=O) groups excluding carboxylic acids is 1. The van der Waals surface area contributed by atoms with Crippen molar-refractivity contribution in [3.8, 4) is 0 Å². The Morgan fingerprint density at radius 2 is 2.04 bits per heavy atom. The number of aromatic nitrogens is 3. The number of pyridine rings is 1. The van der Waals surface area contributed by atoms with E-state index in [2.05, 4.69) is 20.3 Å². The molecule has 1 fully saturated rings. The van der Waals surface area contributed by atoms with Crippen molar-refractivity contribution < 1.29 is 4.79 Å². The van der Waals surface area contributed by atoms with Gasteiger partial charge in [-0.25, -0.2) is 4.68 Å². The highest BCUT2D eigenvalue weighted by molar-refractivity contribution is 5.95. The van der Waals surface area contributed by atoms with E-state index in [1.807, 2.05) is 13.8 Å². The van der Waals surface area contributed by atoms with Crippen LogP contribution in [-0.2, 0) is 7.05 Å². The second-order valence-electron chi connectivity index (χ2n) is 7.19. The number of nitrogens with one attached hydrogen (secondary N) is 2. The summed E-state index contributed by atoms with van der Waals surface area (Å²) in [6.45, 7) is 7.54. The molecule has 2 aromatic rings. The molecule has 2 N–H and O–H groups in total. The van der Waals surface area contributed by atoms with E-state index in [1.54, 1.807) is 26.2 Å². The number of carbonyl (C=O) groups is 1. The van der Waals surface area contributed by atoms with Gasteiger partial charge in [0.15, 0.2) is 0 Å². The van der Waals surface area contributed by atoms with Crippen LogP contribution in [0.1, 0.15) is 33.6 Å². The largest absolute Gasteiger partial charge is 0.370 e. The Balaban J connectivity index is 1.64. The van der Waals surface area contributed by atoms with Crippen LogP contribution in [0.15, 0.2) is 21.9 Å². The first kappa shape index (κ1) is 18.9. The highest BCUT2D eigenvalue weighted by Gasteiger charge is 2.25. The van der Waals surface area contributed by atoms with Gasteiger partial charge in [0.25, 0.3) is 17.0 Å². The highest BCUT2D eigenvalue weighted by Crippen LogP contribution is 2.21. The Morgan fingerprint density at radius 1 is 1.30 bits per heavy atom. The fourth-order valence-corrected chi connectivity index (χ4v) is 3.43. The molecule has 3 heterocycles. The molecule has 0 aromatic carbocycles. The number of H-pyrrole nitrogens is 1. The molecule has 0 saturated carbocycles. The van der Waals surface area contributed by atoms with E-state index in [4.69, 9.17) is 0 Å². The van der Waals surface area contributed by atoms with Crippen molar-refractivity contribution in [2.75, 3.05) is 24.5 Å². The standard InChI is InChI=1S/C19H25N5O3/c1-11-12(2)17(19(27)22-13(11)3)18(26)20-8-14-5-6-24(10-14)15-7-16(25)23(4)21-9-15/h7,9,14H,5-6,8,10H2,1-4H3,(H,20,26)(H,22,27)/t14-/m0/s1. The van der Waals surface area contributed by atoms with Crippen molar-refractivity contribution in [1.29, 1.82) is 0 Å². The van der Waals surface area contributed by atoms with Crippen LogP contribution in [0.5, 0.6) is 0 Å². The molecular weight excluding hydrogens is 346 g/mol. The minimum absolute atomic E-state index is 0.145. The van der Waals surface area contributed by atoms with Crippen LogP contribution in [-0.4, -0.2) is 40.3 Å². The SMILES string of the molecule is Cc1[nH]c(=O)c(C(=O)NC[C@@H]2CCN(c3cnn(C)c(=O)c3)C2)c(C)c1C. The van der Waals surface area contributed by atoms with Crippen molar-refractivity contribution in [2.45, 2.75) is 27.2 Å². The van der Waals surface area contributed by atoms with Gasteiger partial charge in [-0.15, -0.1) is 0 Å². The summed E-state index contributed by atoms with van der Waals surface area (Å²) in [5, 5.41) is 6.95. The van der Waals surface area contributed by atoms with Crippen molar-refractivity contribution in [3.05, 3.63) is 55.4 Å². The smallest absolute Gasteiger partial charge is 0.268 e. The monoisotopic (exact) mass is 371 g/mol. The molecule has 144 valence electrons. The van der Waals surface area contributed by atoms with Gasteiger partial charge in [0.1, 0.15) is 5.56 Å². The fourth-order valence-electron chi connectivity index (χ4n) is 3.43. The van der Waals surface area contributed by atoms with Crippen LogP contribution in [0.2, 0.25) is 0 Å². The molecule has 2 aromatic heterocycles.